The van der Waals surface area contributed by atoms with Gasteiger partial charge in [0.25, 0.3) is 0 Å². The quantitative estimate of drug-likeness (QED) is 0.400. The molecule has 0 spiro atoms. The molecule has 23 heavy (non-hydrogen) atoms. The van der Waals surface area contributed by atoms with E-state index in [0.717, 1.165) is 11.3 Å². The summed E-state index contributed by atoms with van der Waals surface area (Å²) in [5, 5.41) is 3.04. The molecule has 8 heteroatoms. The molecule has 1 aromatic rings. The largest absolute Gasteiger partial charge is 0.380 e. The molecule has 1 rings (SSSR count). The third-order valence-corrected chi connectivity index (χ3v) is 4.63. The van der Waals surface area contributed by atoms with Crippen molar-refractivity contribution in [3.05, 3.63) is 29.8 Å². The Labute approximate surface area is 138 Å². The van der Waals surface area contributed by atoms with Crippen molar-refractivity contribution in [2.45, 2.75) is 20.0 Å². The highest BCUT2D eigenvalue weighted by Gasteiger charge is 2.12. The number of anilines is 1. The number of nitrogens with one attached hydrogen (secondary N) is 1. The summed E-state index contributed by atoms with van der Waals surface area (Å²) >= 11 is 0. The first kappa shape index (κ1) is 19.4. The Kier molecular flexibility index (Phi) is 8.01. The van der Waals surface area contributed by atoms with Crippen LogP contribution >= 0.6 is 0 Å². The topological polar surface area (TPSA) is 97.0 Å². The Morgan fingerprint density at radius 3 is 2.70 bits per heavy atom. The summed E-state index contributed by atoms with van der Waals surface area (Å²) in [7, 11) is -1.52. The maximum Gasteiger partial charge on any atom is 0.211 e. The van der Waals surface area contributed by atoms with Crippen LogP contribution in [0.3, 0.4) is 0 Å². The molecule has 0 radical (unpaired) electrons. The minimum absolute atomic E-state index is 0.302. The van der Waals surface area contributed by atoms with E-state index in [0.29, 0.717) is 38.6 Å². The maximum absolute atomic E-state index is 11.5. The average Bonchev–Trinajstić information content (AvgIpc) is 2.48. The van der Waals surface area contributed by atoms with Crippen LogP contribution in [0, 0.1) is 0 Å². The summed E-state index contributed by atoms with van der Waals surface area (Å²) in [5.74, 6) is 0.302. The van der Waals surface area contributed by atoms with Gasteiger partial charge in [0, 0.05) is 38.0 Å². The number of ether oxygens (including phenoxy) is 1. The zero-order valence-corrected chi connectivity index (χ0v) is 14.8. The van der Waals surface area contributed by atoms with Crippen LogP contribution < -0.4 is 11.1 Å². The number of hydrogen-bond donors (Lipinski definition) is 2. The second kappa shape index (κ2) is 9.49. The zero-order chi connectivity index (χ0) is 17.3. The lowest BCUT2D eigenvalue weighted by Gasteiger charge is -2.17. The van der Waals surface area contributed by atoms with Crippen molar-refractivity contribution in [1.29, 1.82) is 0 Å². The van der Waals surface area contributed by atoms with Crippen molar-refractivity contribution in [2.24, 2.45) is 10.7 Å². The Balaban J connectivity index is 2.52. The van der Waals surface area contributed by atoms with Gasteiger partial charge in [0.05, 0.1) is 12.9 Å². The minimum atomic E-state index is -3.15. The molecule has 130 valence electrons. The van der Waals surface area contributed by atoms with Crippen LogP contribution in [-0.2, 0) is 21.4 Å². The van der Waals surface area contributed by atoms with Crippen molar-refractivity contribution in [1.82, 2.24) is 4.31 Å². The van der Waals surface area contributed by atoms with E-state index >= 15 is 0 Å². The highest BCUT2D eigenvalue weighted by atomic mass is 32.2. The van der Waals surface area contributed by atoms with Crippen molar-refractivity contribution in [3.63, 3.8) is 0 Å². The molecule has 0 atom stereocenters. The van der Waals surface area contributed by atoms with E-state index in [1.165, 1.54) is 10.6 Å². The molecule has 0 fully saturated rings. The normalized spacial score (nSPS) is 12.6. The molecule has 3 N–H and O–H groups in total. The standard InChI is InChI=1S/C15H26N4O3S/c1-4-19(23(3,20)21)11-7-10-17-15(16)18-14-9-6-5-8-13(14)12-22-2/h5-6,8-9H,4,7,10-12H2,1-3H3,(H3,16,17,18). The molecule has 0 aliphatic carbocycles. The van der Waals surface area contributed by atoms with E-state index in [-0.39, 0.29) is 0 Å². The van der Waals surface area contributed by atoms with Gasteiger partial charge >= 0.3 is 0 Å². The van der Waals surface area contributed by atoms with E-state index in [9.17, 15) is 8.42 Å². The number of hydrogen-bond acceptors (Lipinski definition) is 4. The third kappa shape index (κ3) is 6.98. The van der Waals surface area contributed by atoms with Crippen molar-refractivity contribution >= 4 is 21.7 Å². The minimum Gasteiger partial charge on any atom is -0.380 e. The zero-order valence-electron chi connectivity index (χ0n) is 13.9. The first-order valence-electron chi connectivity index (χ1n) is 7.47. The van der Waals surface area contributed by atoms with E-state index in [4.69, 9.17) is 10.5 Å². The Morgan fingerprint density at radius 1 is 1.39 bits per heavy atom. The molecule has 0 saturated carbocycles. The molecule has 0 heterocycles. The first-order valence-corrected chi connectivity index (χ1v) is 9.32. The van der Waals surface area contributed by atoms with E-state index in [2.05, 4.69) is 10.3 Å². The van der Waals surface area contributed by atoms with E-state index < -0.39 is 10.0 Å². The fraction of sp³-hybridized carbons (Fsp3) is 0.533. The number of aliphatic imine (C=N–C) groups is 1. The number of para-hydroxylation sites is 1. The number of rotatable bonds is 9. The van der Waals surface area contributed by atoms with Crippen LogP contribution in [0.2, 0.25) is 0 Å². The van der Waals surface area contributed by atoms with Crippen LogP contribution in [0.15, 0.2) is 29.3 Å². The summed E-state index contributed by atoms with van der Waals surface area (Å²) in [6.45, 7) is 3.65. The summed E-state index contributed by atoms with van der Waals surface area (Å²) in [4.78, 5) is 4.23. The number of nitrogens with two attached hydrogens (primary N) is 1. The van der Waals surface area contributed by atoms with Gasteiger partial charge in [-0.05, 0) is 12.5 Å². The van der Waals surface area contributed by atoms with Gasteiger partial charge in [0.15, 0.2) is 5.96 Å². The summed E-state index contributed by atoms with van der Waals surface area (Å²) in [5.41, 5.74) is 7.71. The Morgan fingerprint density at radius 2 is 2.09 bits per heavy atom. The predicted octanol–water partition coefficient (Wildman–Crippen LogP) is 1.23. The molecule has 0 aromatic heterocycles. The fourth-order valence-electron chi connectivity index (χ4n) is 2.11. The third-order valence-electron chi connectivity index (χ3n) is 3.25. The summed E-state index contributed by atoms with van der Waals surface area (Å²) < 4.78 is 29.5. The lowest BCUT2D eigenvalue weighted by Crippen LogP contribution is -2.31. The lowest BCUT2D eigenvalue weighted by molar-refractivity contribution is 0.185. The lowest BCUT2D eigenvalue weighted by atomic mass is 10.2. The van der Waals surface area contributed by atoms with E-state index in [1.54, 1.807) is 7.11 Å². The molecule has 0 amide bonds. The monoisotopic (exact) mass is 342 g/mol. The molecule has 0 aliphatic heterocycles. The first-order chi connectivity index (χ1) is 10.9. The summed E-state index contributed by atoms with van der Waals surface area (Å²) in [6.07, 6.45) is 1.82. The van der Waals surface area contributed by atoms with Gasteiger partial charge in [0.2, 0.25) is 10.0 Å². The van der Waals surface area contributed by atoms with Crippen molar-refractivity contribution < 1.29 is 13.2 Å². The number of nitrogens with zero attached hydrogens (tertiary/aromatic N) is 2. The average molecular weight is 342 g/mol. The van der Waals surface area contributed by atoms with Gasteiger partial charge in [-0.3, -0.25) is 4.99 Å². The second-order valence-electron chi connectivity index (χ2n) is 5.09. The fourth-order valence-corrected chi connectivity index (χ4v) is 3.04. The van der Waals surface area contributed by atoms with Crippen LogP contribution in [0.1, 0.15) is 18.9 Å². The Hall–Kier alpha value is -1.64. The number of methoxy groups -OCH3 is 1. The van der Waals surface area contributed by atoms with Crippen LogP contribution in [-0.4, -0.2) is 51.7 Å². The van der Waals surface area contributed by atoms with Gasteiger partial charge in [-0.25, -0.2) is 12.7 Å². The summed E-state index contributed by atoms with van der Waals surface area (Å²) in [6, 6.07) is 7.68. The van der Waals surface area contributed by atoms with Gasteiger partial charge < -0.3 is 15.8 Å². The molecule has 0 unspecified atom stereocenters. The van der Waals surface area contributed by atoms with Crippen molar-refractivity contribution in [3.8, 4) is 0 Å². The highest BCUT2D eigenvalue weighted by Crippen LogP contribution is 2.15. The van der Waals surface area contributed by atoms with Gasteiger partial charge in [-0.15, -0.1) is 0 Å². The van der Waals surface area contributed by atoms with Gasteiger partial charge in [-0.2, -0.15) is 0 Å². The molecular formula is C15H26N4O3S. The van der Waals surface area contributed by atoms with Gasteiger partial charge in [0.1, 0.15) is 0 Å². The molecule has 0 saturated heterocycles. The number of sulfonamides is 1. The number of benzene rings is 1. The van der Waals surface area contributed by atoms with Crippen LogP contribution in [0.5, 0.6) is 0 Å². The smallest absolute Gasteiger partial charge is 0.211 e. The molecule has 0 aliphatic rings. The van der Waals surface area contributed by atoms with E-state index in [1.807, 2.05) is 31.2 Å². The number of guanidine groups is 1. The molecular weight excluding hydrogens is 316 g/mol. The molecule has 7 nitrogen and oxygen atoms in total. The second-order valence-corrected chi connectivity index (χ2v) is 7.07. The van der Waals surface area contributed by atoms with Crippen molar-refractivity contribution in [2.75, 3.05) is 38.3 Å². The predicted molar refractivity (Wildman–Crippen MR) is 94.0 cm³/mol. The van der Waals surface area contributed by atoms with Crippen LogP contribution in [0.25, 0.3) is 0 Å². The maximum atomic E-state index is 11.5. The Bertz CT molecular complexity index is 617. The molecule has 0 bridgehead atoms. The van der Waals surface area contributed by atoms with Crippen LogP contribution in [0.4, 0.5) is 5.69 Å². The highest BCUT2D eigenvalue weighted by molar-refractivity contribution is 7.88. The molecule has 1 aromatic carbocycles. The van der Waals surface area contributed by atoms with Gasteiger partial charge in [-0.1, -0.05) is 25.1 Å². The SMILES string of the molecule is CCN(CCCN=C(N)Nc1ccccc1COC)S(C)(=O)=O.